The van der Waals surface area contributed by atoms with Crippen LogP contribution in [-0.2, 0) is 25.6 Å². The highest BCUT2D eigenvalue weighted by Crippen LogP contribution is 2.12. The normalized spacial score (nSPS) is 12.0. The van der Waals surface area contributed by atoms with Crippen LogP contribution in [0.25, 0.3) is 0 Å². The highest BCUT2D eigenvalue weighted by atomic mass is 16.5. The molecule has 0 saturated carbocycles. The minimum absolute atomic E-state index is 0.0105. The third kappa shape index (κ3) is 7.79. The molecule has 0 radical (unpaired) electrons. The van der Waals surface area contributed by atoms with Crippen LogP contribution < -0.4 is 0 Å². The second-order valence-corrected chi connectivity index (χ2v) is 5.37. The predicted molar refractivity (Wildman–Crippen MR) is 88.8 cm³/mol. The summed E-state index contributed by atoms with van der Waals surface area (Å²) in [5.41, 5.74) is 1.15. The van der Waals surface area contributed by atoms with Gasteiger partial charge in [0.25, 0.3) is 0 Å². The molecule has 1 atom stereocenters. The van der Waals surface area contributed by atoms with E-state index < -0.39 is 0 Å². The molecule has 0 bridgehead atoms. The van der Waals surface area contributed by atoms with Gasteiger partial charge in [0, 0.05) is 19.1 Å². The van der Waals surface area contributed by atoms with E-state index in [0.29, 0.717) is 39.1 Å². The van der Waals surface area contributed by atoms with E-state index in [1.165, 1.54) is 0 Å². The van der Waals surface area contributed by atoms with Crippen molar-refractivity contribution in [3.8, 4) is 0 Å². The van der Waals surface area contributed by atoms with Crippen molar-refractivity contribution >= 4 is 11.9 Å². The zero-order valence-corrected chi connectivity index (χ0v) is 14.3. The van der Waals surface area contributed by atoms with Gasteiger partial charge in [0.2, 0.25) is 0 Å². The summed E-state index contributed by atoms with van der Waals surface area (Å²) in [7, 11) is 0. The van der Waals surface area contributed by atoms with Crippen molar-refractivity contribution in [3.63, 3.8) is 0 Å². The molecular formula is C18H27NO4. The second kappa shape index (κ2) is 10.8. The number of ether oxygens (including phenoxy) is 2. The van der Waals surface area contributed by atoms with Crippen molar-refractivity contribution in [1.82, 2.24) is 4.90 Å². The van der Waals surface area contributed by atoms with Gasteiger partial charge in [0.05, 0.1) is 26.1 Å². The largest absolute Gasteiger partial charge is 0.466 e. The lowest BCUT2D eigenvalue weighted by Crippen LogP contribution is -2.36. The maximum Gasteiger partial charge on any atom is 0.307 e. The van der Waals surface area contributed by atoms with E-state index in [4.69, 9.17) is 9.47 Å². The topological polar surface area (TPSA) is 55.8 Å². The average Bonchev–Trinajstić information content (AvgIpc) is 2.52. The fourth-order valence-electron chi connectivity index (χ4n) is 2.33. The molecule has 0 saturated heterocycles. The van der Waals surface area contributed by atoms with Crippen LogP contribution in [-0.4, -0.2) is 42.6 Å². The van der Waals surface area contributed by atoms with E-state index in [2.05, 4.69) is 4.90 Å². The number of carbonyl (C=O) groups excluding carboxylic acids is 2. The van der Waals surface area contributed by atoms with Crippen molar-refractivity contribution in [2.75, 3.05) is 19.8 Å². The molecule has 0 N–H and O–H groups in total. The highest BCUT2D eigenvalue weighted by molar-refractivity contribution is 5.70. The average molecular weight is 321 g/mol. The Balaban J connectivity index is 2.66. The fourth-order valence-corrected chi connectivity index (χ4v) is 2.33. The third-order valence-corrected chi connectivity index (χ3v) is 3.53. The Kier molecular flexibility index (Phi) is 8.98. The van der Waals surface area contributed by atoms with Gasteiger partial charge in [-0.1, -0.05) is 30.3 Å². The Bertz CT molecular complexity index is 475. The molecule has 128 valence electrons. The molecule has 5 heteroatoms. The summed E-state index contributed by atoms with van der Waals surface area (Å²) < 4.78 is 10.0. The van der Waals surface area contributed by atoms with Crippen LogP contribution in [0.15, 0.2) is 30.3 Å². The molecule has 0 heterocycles. The van der Waals surface area contributed by atoms with Crippen LogP contribution in [0, 0.1) is 0 Å². The van der Waals surface area contributed by atoms with E-state index in [1.54, 1.807) is 13.8 Å². The molecule has 0 unspecified atom stereocenters. The summed E-state index contributed by atoms with van der Waals surface area (Å²) in [5.74, 6) is -0.428. The Morgan fingerprint density at radius 1 is 1.04 bits per heavy atom. The standard InChI is InChI=1S/C18H27NO4/c1-4-22-17(20)11-12-19(14-16-9-7-6-8-10-16)15(3)13-18(21)23-5-2/h6-10,15H,4-5,11-14H2,1-3H3/t15-/m1/s1. The van der Waals surface area contributed by atoms with Gasteiger partial charge in [0.15, 0.2) is 0 Å². The molecule has 0 amide bonds. The van der Waals surface area contributed by atoms with Gasteiger partial charge in [-0.05, 0) is 26.3 Å². The number of hydrogen-bond donors (Lipinski definition) is 0. The monoisotopic (exact) mass is 321 g/mol. The summed E-state index contributed by atoms with van der Waals surface area (Å²) in [4.78, 5) is 25.4. The van der Waals surface area contributed by atoms with Crippen LogP contribution in [0.3, 0.4) is 0 Å². The van der Waals surface area contributed by atoms with E-state index >= 15 is 0 Å². The smallest absolute Gasteiger partial charge is 0.307 e. The van der Waals surface area contributed by atoms with Crippen molar-refractivity contribution < 1.29 is 19.1 Å². The van der Waals surface area contributed by atoms with Crippen LogP contribution in [0.5, 0.6) is 0 Å². The van der Waals surface area contributed by atoms with Gasteiger partial charge in [0.1, 0.15) is 0 Å². The Morgan fingerprint density at radius 2 is 1.65 bits per heavy atom. The van der Waals surface area contributed by atoms with Gasteiger partial charge < -0.3 is 9.47 Å². The maximum atomic E-state index is 11.7. The number of carbonyl (C=O) groups is 2. The fraction of sp³-hybridized carbons (Fsp3) is 0.556. The molecule has 1 aromatic carbocycles. The first-order chi connectivity index (χ1) is 11.1. The van der Waals surface area contributed by atoms with Crippen molar-refractivity contribution in [3.05, 3.63) is 35.9 Å². The first kappa shape index (κ1) is 19.2. The molecular weight excluding hydrogens is 294 g/mol. The number of rotatable bonds is 10. The molecule has 5 nitrogen and oxygen atoms in total. The van der Waals surface area contributed by atoms with Crippen LogP contribution in [0.1, 0.15) is 39.2 Å². The van der Waals surface area contributed by atoms with Gasteiger partial charge in [-0.3, -0.25) is 14.5 Å². The van der Waals surface area contributed by atoms with E-state index in [1.807, 2.05) is 37.3 Å². The second-order valence-electron chi connectivity index (χ2n) is 5.37. The predicted octanol–water partition coefficient (Wildman–Crippen LogP) is 2.78. The lowest BCUT2D eigenvalue weighted by molar-refractivity contribution is -0.144. The SMILES string of the molecule is CCOC(=O)CCN(Cc1ccccc1)[C@H](C)CC(=O)OCC. The molecule has 1 rings (SSSR count). The third-order valence-electron chi connectivity index (χ3n) is 3.53. The quantitative estimate of drug-likeness (QED) is 0.620. The zero-order chi connectivity index (χ0) is 17.1. The highest BCUT2D eigenvalue weighted by Gasteiger charge is 2.19. The Labute approximate surface area is 138 Å². The van der Waals surface area contributed by atoms with Crippen molar-refractivity contribution in [1.29, 1.82) is 0 Å². The molecule has 0 aliphatic rings. The Hall–Kier alpha value is -1.88. The molecule has 0 spiro atoms. The van der Waals surface area contributed by atoms with Crippen molar-refractivity contribution in [2.24, 2.45) is 0 Å². The zero-order valence-electron chi connectivity index (χ0n) is 14.3. The number of nitrogens with zero attached hydrogens (tertiary/aromatic N) is 1. The summed E-state index contributed by atoms with van der Waals surface area (Å²) in [6.45, 7) is 7.57. The first-order valence-corrected chi connectivity index (χ1v) is 8.16. The van der Waals surface area contributed by atoms with E-state index in [0.717, 1.165) is 5.56 Å². The minimum atomic E-state index is -0.214. The lowest BCUT2D eigenvalue weighted by Gasteiger charge is -2.28. The van der Waals surface area contributed by atoms with Gasteiger partial charge >= 0.3 is 11.9 Å². The summed E-state index contributed by atoms with van der Waals surface area (Å²) in [6, 6.07) is 9.99. The van der Waals surface area contributed by atoms with Crippen LogP contribution in [0.2, 0.25) is 0 Å². The summed E-state index contributed by atoms with van der Waals surface area (Å²) in [5, 5.41) is 0. The number of esters is 2. The Morgan fingerprint density at radius 3 is 2.26 bits per heavy atom. The van der Waals surface area contributed by atoms with Crippen LogP contribution in [0.4, 0.5) is 0 Å². The first-order valence-electron chi connectivity index (χ1n) is 8.16. The minimum Gasteiger partial charge on any atom is -0.466 e. The molecule has 0 aromatic heterocycles. The van der Waals surface area contributed by atoms with E-state index in [9.17, 15) is 9.59 Å². The molecule has 23 heavy (non-hydrogen) atoms. The number of hydrogen-bond acceptors (Lipinski definition) is 5. The number of benzene rings is 1. The molecule has 1 aromatic rings. The van der Waals surface area contributed by atoms with Crippen LogP contribution >= 0.6 is 0 Å². The lowest BCUT2D eigenvalue weighted by atomic mass is 10.1. The van der Waals surface area contributed by atoms with Gasteiger partial charge in [-0.2, -0.15) is 0 Å². The van der Waals surface area contributed by atoms with E-state index in [-0.39, 0.29) is 18.0 Å². The molecule has 0 aliphatic heterocycles. The van der Waals surface area contributed by atoms with Gasteiger partial charge in [-0.25, -0.2) is 0 Å². The maximum absolute atomic E-state index is 11.7. The summed E-state index contributed by atoms with van der Waals surface area (Å²) >= 11 is 0. The molecule has 0 aliphatic carbocycles. The summed E-state index contributed by atoms with van der Waals surface area (Å²) in [6.07, 6.45) is 0.622. The van der Waals surface area contributed by atoms with Gasteiger partial charge in [-0.15, -0.1) is 0 Å². The van der Waals surface area contributed by atoms with Crippen molar-refractivity contribution in [2.45, 2.75) is 46.2 Å². The molecule has 0 fully saturated rings.